The van der Waals surface area contributed by atoms with E-state index in [1.807, 2.05) is 66.7 Å². The first kappa shape index (κ1) is 26.8. The van der Waals surface area contributed by atoms with Gasteiger partial charge in [0.1, 0.15) is 18.7 Å². The number of nitrogens with two attached hydrogens (primary N) is 1. The zero-order chi connectivity index (χ0) is 26.1. The second-order valence-electron chi connectivity index (χ2n) is 8.18. The summed E-state index contributed by atoms with van der Waals surface area (Å²) in [4.78, 5) is 33.2. The van der Waals surface area contributed by atoms with Crippen LogP contribution >= 0.6 is 12.6 Å². The van der Waals surface area contributed by atoms with Crippen molar-refractivity contribution in [2.24, 2.45) is 5.73 Å². The van der Waals surface area contributed by atoms with Gasteiger partial charge in [-0.25, -0.2) is 9.59 Å². The van der Waals surface area contributed by atoms with Crippen LogP contribution in [0.1, 0.15) is 22.6 Å². The van der Waals surface area contributed by atoms with Gasteiger partial charge in [-0.1, -0.05) is 78.9 Å². The van der Waals surface area contributed by atoms with Crippen LogP contribution in [0.2, 0.25) is 0 Å². The third kappa shape index (κ3) is 6.87. The minimum absolute atomic E-state index is 0.000468. The zero-order valence-electron chi connectivity index (χ0n) is 19.4. The van der Waals surface area contributed by atoms with Gasteiger partial charge in [-0.05, 0) is 34.2 Å². The standard InChI is InChI=1S/C18H17NO4S.C9H11NO2/c20-17(21)16(10-24)19-18(22)23-9-15-13-7-3-1-5-11(13)12-6-2-4-8-14(12)15;10-8(9(11)12)6-7-4-2-1-3-5-7/h1-8,15-16,24H,9-10H2,(H,19,22)(H,20,21);1-5,8H,6,10H2,(H,11,12)/t16-;8-/m00/s1. The van der Waals surface area contributed by atoms with Crippen LogP contribution in [0, 0.1) is 0 Å². The molecule has 1 amide bonds. The van der Waals surface area contributed by atoms with Gasteiger partial charge in [-0.3, -0.25) is 4.79 Å². The molecule has 3 aromatic rings. The van der Waals surface area contributed by atoms with Gasteiger partial charge in [0.15, 0.2) is 0 Å². The fraction of sp³-hybridized carbons (Fsp3) is 0.222. The molecule has 9 heteroatoms. The topological polar surface area (TPSA) is 139 Å². The van der Waals surface area contributed by atoms with E-state index in [9.17, 15) is 14.4 Å². The molecule has 0 aliphatic heterocycles. The third-order valence-electron chi connectivity index (χ3n) is 5.73. The van der Waals surface area contributed by atoms with Crippen molar-refractivity contribution >= 4 is 30.7 Å². The lowest BCUT2D eigenvalue weighted by Crippen LogP contribution is -2.42. The van der Waals surface area contributed by atoms with Gasteiger partial charge < -0.3 is 26.0 Å². The molecule has 36 heavy (non-hydrogen) atoms. The Hall–Kier alpha value is -3.82. The zero-order valence-corrected chi connectivity index (χ0v) is 20.3. The van der Waals surface area contributed by atoms with E-state index in [4.69, 9.17) is 20.7 Å². The molecular formula is C27H28N2O6S. The lowest BCUT2D eigenvalue weighted by Gasteiger charge is -2.16. The van der Waals surface area contributed by atoms with Crippen molar-refractivity contribution < 1.29 is 29.3 Å². The third-order valence-corrected chi connectivity index (χ3v) is 6.10. The summed E-state index contributed by atoms with van der Waals surface area (Å²) in [5.41, 5.74) is 10.8. The SMILES string of the molecule is N[C@@H](Cc1ccccc1)C(=O)O.O=C(N[C@@H](CS)C(=O)O)OCC1c2ccccc2-c2ccccc21. The van der Waals surface area contributed by atoms with E-state index < -0.39 is 30.1 Å². The summed E-state index contributed by atoms with van der Waals surface area (Å²) >= 11 is 3.91. The molecule has 0 unspecified atom stereocenters. The molecule has 0 saturated carbocycles. The fourth-order valence-electron chi connectivity index (χ4n) is 3.92. The first-order valence-electron chi connectivity index (χ1n) is 11.3. The molecule has 2 atom stereocenters. The van der Waals surface area contributed by atoms with Crippen molar-refractivity contribution in [3.63, 3.8) is 0 Å². The molecule has 8 nitrogen and oxygen atoms in total. The maximum Gasteiger partial charge on any atom is 0.407 e. The summed E-state index contributed by atoms with van der Waals surface area (Å²) < 4.78 is 5.27. The summed E-state index contributed by atoms with van der Waals surface area (Å²) in [6, 6.07) is 23.5. The van der Waals surface area contributed by atoms with Crippen LogP contribution in [0.25, 0.3) is 11.1 Å². The van der Waals surface area contributed by atoms with Gasteiger partial charge in [-0.2, -0.15) is 12.6 Å². The quantitative estimate of drug-likeness (QED) is 0.293. The van der Waals surface area contributed by atoms with Gasteiger partial charge in [-0.15, -0.1) is 0 Å². The molecule has 1 aliphatic carbocycles. The Bertz CT molecular complexity index is 1160. The first-order valence-corrected chi connectivity index (χ1v) is 11.9. The Morgan fingerprint density at radius 3 is 1.89 bits per heavy atom. The number of amides is 1. The number of carbonyl (C=O) groups is 3. The van der Waals surface area contributed by atoms with Gasteiger partial charge in [0.05, 0.1) is 0 Å². The normalized spacial score (nSPS) is 13.3. The van der Waals surface area contributed by atoms with Crippen molar-refractivity contribution in [3.8, 4) is 11.1 Å². The number of aliphatic carboxylic acids is 2. The van der Waals surface area contributed by atoms with Crippen LogP contribution in [0.15, 0.2) is 78.9 Å². The highest BCUT2D eigenvalue weighted by molar-refractivity contribution is 7.80. The van der Waals surface area contributed by atoms with Gasteiger partial charge in [0.2, 0.25) is 0 Å². The molecule has 1 aliphatic rings. The van der Waals surface area contributed by atoms with Crippen molar-refractivity contribution in [1.29, 1.82) is 0 Å². The van der Waals surface area contributed by atoms with Crippen LogP contribution < -0.4 is 11.1 Å². The highest BCUT2D eigenvalue weighted by Gasteiger charge is 2.29. The van der Waals surface area contributed by atoms with Crippen molar-refractivity contribution in [2.75, 3.05) is 12.4 Å². The van der Waals surface area contributed by atoms with Gasteiger partial charge >= 0.3 is 18.0 Å². The van der Waals surface area contributed by atoms with E-state index in [2.05, 4.69) is 30.1 Å². The second kappa shape index (κ2) is 12.8. The maximum atomic E-state index is 11.9. The number of carbonyl (C=O) groups excluding carboxylic acids is 1. The summed E-state index contributed by atoms with van der Waals surface area (Å²) in [6.45, 7) is 0.152. The van der Waals surface area contributed by atoms with E-state index in [0.717, 1.165) is 27.8 Å². The lowest BCUT2D eigenvalue weighted by atomic mass is 9.98. The maximum absolute atomic E-state index is 11.9. The highest BCUT2D eigenvalue weighted by Crippen LogP contribution is 2.44. The number of fused-ring (bicyclic) bond motifs is 3. The molecule has 0 spiro atoms. The van der Waals surface area contributed by atoms with E-state index in [-0.39, 0.29) is 18.3 Å². The number of rotatable bonds is 8. The van der Waals surface area contributed by atoms with Gasteiger partial charge in [0.25, 0.3) is 0 Å². The van der Waals surface area contributed by atoms with E-state index in [1.165, 1.54) is 0 Å². The number of carboxylic acids is 2. The number of alkyl carbamates (subject to hydrolysis) is 1. The minimum Gasteiger partial charge on any atom is -0.480 e. The number of nitrogens with one attached hydrogen (secondary N) is 1. The van der Waals surface area contributed by atoms with Crippen molar-refractivity contribution in [1.82, 2.24) is 5.32 Å². The van der Waals surface area contributed by atoms with E-state index in [1.54, 1.807) is 0 Å². The average Bonchev–Trinajstić information content (AvgIpc) is 3.20. The highest BCUT2D eigenvalue weighted by atomic mass is 32.1. The average molecular weight is 509 g/mol. The van der Waals surface area contributed by atoms with Crippen LogP contribution in [-0.4, -0.2) is 52.7 Å². The first-order chi connectivity index (χ1) is 17.3. The van der Waals surface area contributed by atoms with Crippen LogP contribution in [0.3, 0.4) is 0 Å². The number of hydrogen-bond donors (Lipinski definition) is 5. The molecule has 188 valence electrons. The molecule has 5 N–H and O–H groups in total. The Morgan fingerprint density at radius 2 is 1.39 bits per heavy atom. The van der Waals surface area contributed by atoms with Crippen molar-refractivity contribution in [3.05, 3.63) is 95.6 Å². The van der Waals surface area contributed by atoms with Gasteiger partial charge in [0, 0.05) is 11.7 Å². The monoisotopic (exact) mass is 508 g/mol. The van der Waals surface area contributed by atoms with E-state index >= 15 is 0 Å². The molecule has 4 rings (SSSR count). The molecule has 0 radical (unpaired) electrons. The van der Waals surface area contributed by atoms with Crippen LogP contribution in [0.5, 0.6) is 0 Å². The molecule has 0 heterocycles. The molecule has 0 saturated heterocycles. The Labute approximate surface area is 214 Å². The smallest absolute Gasteiger partial charge is 0.407 e. The Kier molecular flexibility index (Phi) is 9.49. The number of ether oxygens (including phenoxy) is 1. The predicted molar refractivity (Wildman–Crippen MR) is 139 cm³/mol. The fourth-order valence-corrected chi connectivity index (χ4v) is 4.17. The number of hydrogen-bond acceptors (Lipinski definition) is 6. The lowest BCUT2D eigenvalue weighted by molar-refractivity contribution is -0.139. The molecule has 0 aromatic heterocycles. The second-order valence-corrected chi connectivity index (χ2v) is 8.54. The predicted octanol–water partition coefficient (Wildman–Crippen LogP) is 3.55. The molecule has 3 aromatic carbocycles. The number of thiol groups is 1. The molecular weight excluding hydrogens is 480 g/mol. The molecule has 0 bridgehead atoms. The summed E-state index contributed by atoms with van der Waals surface area (Å²) in [6.07, 6.45) is -0.366. The summed E-state index contributed by atoms with van der Waals surface area (Å²) in [7, 11) is 0. The minimum atomic E-state index is -1.14. The van der Waals surface area contributed by atoms with Crippen LogP contribution in [-0.2, 0) is 20.7 Å². The van der Waals surface area contributed by atoms with E-state index in [0.29, 0.717) is 6.42 Å². The molecule has 0 fully saturated rings. The summed E-state index contributed by atoms with van der Waals surface area (Å²) in [5, 5.41) is 19.8. The largest absolute Gasteiger partial charge is 0.480 e. The Morgan fingerprint density at radius 1 is 0.861 bits per heavy atom. The Balaban J connectivity index is 0.000000253. The van der Waals surface area contributed by atoms with Crippen molar-refractivity contribution in [2.45, 2.75) is 24.4 Å². The number of benzene rings is 3. The summed E-state index contributed by atoms with van der Waals surface area (Å²) in [5.74, 6) is -2.15. The van der Waals surface area contributed by atoms with Crippen LogP contribution in [0.4, 0.5) is 4.79 Å². The number of carboxylic acid groups (broad SMARTS) is 2.